The van der Waals surface area contributed by atoms with Crippen molar-refractivity contribution in [3.8, 4) is 5.75 Å². The van der Waals surface area contributed by atoms with Gasteiger partial charge in [0, 0.05) is 38.2 Å². The lowest BCUT2D eigenvalue weighted by Crippen LogP contribution is -2.41. The maximum atomic E-state index is 12.4. The molecule has 3 N–H and O–H groups in total. The van der Waals surface area contributed by atoms with Crippen molar-refractivity contribution in [2.24, 2.45) is 10.9 Å². The molecule has 0 bridgehead atoms. The van der Waals surface area contributed by atoms with Crippen LogP contribution in [0.1, 0.15) is 19.4 Å². The molecule has 0 atom stereocenters. The number of hydrogen-bond donors (Lipinski definition) is 3. The number of ether oxygens (including phenoxy) is 1. The van der Waals surface area contributed by atoms with Gasteiger partial charge in [-0.3, -0.25) is 9.79 Å². The Morgan fingerprint density at radius 3 is 2.46 bits per heavy atom. The summed E-state index contributed by atoms with van der Waals surface area (Å²) in [5, 5.41) is 8.82. The molecule has 1 rings (SSSR count). The summed E-state index contributed by atoms with van der Waals surface area (Å²) in [6.07, 6.45) is 0. The molecule has 1 aromatic carbocycles. The van der Waals surface area contributed by atoms with Crippen molar-refractivity contribution in [3.63, 3.8) is 0 Å². The van der Waals surface area contributed by atoms with E-state index in [4.69, 9.17) is 0 Å². The van der Waals surface area contributed by atoms with Gasteiger partial charge in [-0.25, -0.2) is 0 Å². The van der Waals surface area contributed by atoms with Crippen LogP contribution in [0.2, 0.25) is 0 Å². The van der Waals surface area contributed by atoms with Crippen LogP contribution in [0.5, 0.6) is 5.75 Å². The van der Waals surface area contributed by atoms with Crippen LogP contribution >= 0.6 is 0 Å². The first-order valence-electron chi connectivity index (χ1n) is 7.69. The minimum Gasteiger partial charge on any atom is -0.434 e. The molecule has 0 saturated heterocycles. The smallest absolute Gasteiger partial charge is 0.387 e. The third-order valence-corrected chi connectivity index (χ3v) is 3.10. The molecular weight excluding hydrogens is 318 g/mol. The second-order valence-electron chi connectivity index (χ2n) is 5.28. The fourth-order valence-electron chi connectivity index (χ4n) is 1.83. The number of carbonyl (C=O) groups excluding carboxylic acids is 1. The number of amides is 1. The van der Waals surface area contributed by atoms with Gasteiger partial charge in [-0.1, -0.05) is 32.0 Å². The Balaban J connectivity index is 2.43. The van der Waals surface area contributed by atoms with Crippen molar-refractivity contribution < 1.29 is 18.3 Å². The summed E-state index contributed by atoms with van der Waals surface area (Å²) in [6.45, 7) is 2.01. The first kappa shape index (κ1) is 19.7. The molecule has 0 radical (unpaired) electrons. The molecule has 0 unspecified atom stereocenters. The first-order valence-corrected chi connectivity index (χ1v) is 7.69. The van der Waals surface area contributed by atoms with Gasteiger partial charge in [0.1, 0.15) is 5.75 Å². The molecule has 24 heavy (non-hydrogen) atoms. The second kappa shape index (κ2) is 10.4. The number of guanidine groups is 1. The van der Waals surface area contributed by atoms with E-state index in [0.29, 0.717) is 24.6 Å². The normalized spacial score (nSPS) is 11.5. The predicted molar refractivity (Wildman–Crippen MR) is 89.1 cm³/mol. The highest BCUT2D eigenvalue weighted by Crippen LogP contribution is 2.19. The highest BCUT2D eigenvalue weighted by molar-refractivity contribution is 5.80. The van der Waals surface area contributed by atoms with Gasteiger partial charge in [-0.05, 0) is 6.07 Å². The van der Waals surface area contributed by atoms with Crippen LogP contribution in [0.3, 0.4) is 0 Å². The van der Waals surface area contributed by atoms with Crippen LogP contribution in [-0.4, -0.2) is 38.6 Å². The average Bonchev–Trinajstić information content (AvgIpc) is 2.54. The van der Waals surface area contributed by atoms with Gasteiger partial charge in [0.05, 0.1) is 0 Å². The van der Waals surface area contributed by atoms with Crippen molar-refractivity contribution in [1.29, 1.82) is 0 Å². The molecule has 0 aliphatic rings. The Bertz CT molecular complexity index is 551. The molecule has 1 amide bonds. The number of alkyl halides is 2. The number of nitrogens with one attached hydrogen (secondary N) is 3. The van der Waals surface area contributed by atoms with Gasteiger partial charge in [0.2, 0.25) is 5.91 Å². The van der Waals surface area contributed by atoms with Crippen LogP contribution in [0, 0.1) is 5.92 Å². The maximum absolute atomic E-state index is 12.4. The number of carbonyl (C=O) groups is 1. The predicted octanol–water partition coefficient (Wildman–Crippen LogP) is 1.73. The lowest BCUT2D eigenvalue weighted by molar-refractivity contribution is -0.123. The van der Waals surface area contributed by atoms with Crippen LogP contribution in [0.4, 0.5) is 8.78 Å². The Labute approximate surface area is 140 Å². The van der Waals surface area contributed by atoms with E-state index in [0.717, 1.165) is 0 Å². The Morgan fingerprint density at radius 2 is 1.83 bits per heavy atom. The van der Waals surface area contributed by atoms with Crippen molar-refractivity contribution in [2.45, 2.75) is 27.0 Å². The molecule has 0 heterocycles. The first-order chi connectivity index (χ1) is 11.4. The average molecular weight is 342 g/mol. The molecular formula is C16H24F2N4O2. The summed E-state index contributed by atoms with van der Waals surface area (Å²) in [7, 11) is 1.60. The van der Waals surface area contributed by atoms with E-state index in [9.17, 15) is 13.6 Å². The number of aliphatic imine (C=N–C) groups is 1. The van der Waals surface area contributed by atoms with E-state index in [1.54, 1.807) is 25.2 Å². The monoisotopic (exact) mass is 342 g/mol. The third-order valence-electron chi connectivity index (χ3n) is 3.10. The molecule has 0 saturated carbocycles. The lowest BCUT2D eigenvalue weighted by atomic mass is 10.2. The summed E-state index contributed by atoms with van der Waals surface area (Å²) >= 11 is 0. The fraction of sp³-hybridized carbons (Fsp3) is 0.500. The molecule has 8 heteroatoms. The highest BCUT2D eigenvalue weighted by atomic mass is 19.3. The minimum absolute atomic E-state index is 0.0159. The van der Waals surface area contributed by atoms with E-state index in [1.165, 1.54) is 6.07 Å². The van der Waals surface area contributed by atoms with Crippen LogP contribution < -0.4 is 20.7 Å². The number of nitrogens with zero attached hydrogens (tertiary/aromatic N) is 1. The molecule has 1 aromatic rings. The topological polar surface area (TPSA) is 74.8 Å². The SMILES string of the molecule is CN=C(NCCNC(=O)C(C)C)NCc1ccccc1OC(F)F. The number of halogens is 2. The second-order valence-corrected chi connectivity index (χ2v) is 5.28. The molecule has 0 spiro atoms. The van der Waals surface area contributed by atoms with Gasteiger partial charge in [0.25, 0.3) is 0 Å². The summed E-state index contributed by atoms with van der Waals surface area (Å²) in [5.41, 5.74) is 0.592. The zero-order valence-corrected chi connectivity index (χ0v) is 14.1. The Hall–Kier alpha value is -2.38. The number of benzene rings is 1. The van der Waals surface area contributed by atoms with E-state index < -0.39 is 6.61 Å². The summed E-state index contributed by atoms with van der Waals surface area (Å²) in [5.74, 6) is 0.548. The van der Waals surface area contributed by atoms with E-state index in [1.807, 2.05) is 13.8 Å². The summed E-state index contributed by atoms with van der Waals surface area (Å²) in [4.78, 5) is 15.5. The number of rotatable bonds is 8. The van der Waals surface area contributed by atoms with Crippen molar-refractivity contribution in [3.05, 3.63) is 29.8 Å². The van der Waals surface area contributed by atoms with Crippen LogP contribution in [-0.2, 0) is 11.3 Å². The van der Waals surface area contributed by atoms with Gasteiger partial charge in [-0.15, -0.1) is 0 Å². The quantitative estimate of drug-likeness (QED) is 0.382. The highest BCUT2D eigenvalue weighted by Gasteiger charge is 2.09. The Morgan fingerprint density at radius 1 is 1.17 bits per heavy atom. The standard InChI is InChI=1S/C16H24F2N4O2/c1-11(2)14(23)20-8-9-21-16(19-3)22-10-12-6-4-5-7-13(12)24-15(17)18/h4-7,11,15H,8-10H2,1-3H3,(H,20,23)(H2,19,21,22). The molecule has 0 aliphatic carbocycles. The van der Waals surface area contributed by atoms with Gasteiger partial charge in [-0.2, -0.15) is 8.78 Å². The molecule has 0 aromatic heterocycles. The minimum atomic E-state index is -2.87. The van der Waals surface area contributed by atoms with Crippen LogP contribution in [0.15, 0.2) is 29.3 Å². The van der Waals surface area contributed by atoms with Gasteiger partial charge in [0.15, 0.2) is 5.96 Å². The molecule has 0 fully saturated rings. The largest absolute Gasteiger partial charge is 0.434 e. The maximum Gasteiger partial charge on any atom is 0.387 e. The molecule has 134 valence electrons. The summed E-state index contributed by atoms with van der Waals surface area (Å²) in [6, 6.07) is 6.56. The molecule has 0 aliphatic heterocycles. The zero-order valence-electron chi connectivity index (χ0n) is 14.1. The van der Waals surface area contributed by atoms with Crippen molar-refractivity contribution in [2.75, 3.05) is 20.1 Å². The van der Waals surface area contributed by atoms with E-state index in [-0.39, 0.29) is 24.1 Å². The molecule has 6 nitrogen and oxygen atoms in total. The Kier molecular flexibility index (Phi) is 8.53. The zero-order chi connectivity index (χ0) is 17.9. The van der Waals surface area contributed by atoms with Gasteiger partial charge < -0.3 is 20.7 Å². The van der Waals surface area contributed by atoms with Gasteiger partial charge >= 0.3 is 6.61 Å². The van der Waals surface area contributed by atoms with Crippen molar-refractivity contribution >= 4 is 11.9 Å². The van der Waals surface area contributed by atoms with E-state index >= 15 is 0 Å². The van der Waals surface area contributed by atoms with E-state index in [2.05, 4.69) is 25.7 Å². The number of para-hydroxylation sites is 1. The number of hydrogen-bond acceptors (Lipinski definition) is 3. The van der Waals surface area contributed by atoms with Crippen molar-refractivity contribution in [1.82, 2.24) is 16.0 Å². The lowest BCUT2D eigenvalue weighted by Gasteiger charge is -2.15. The van der Waals surface area contributed by atoms with Crippen LogP contribution in [0.25, 0.3) is 0 Å². The third kappa shape index (κ3) is 7.26. The summed E-state index contributed by atoms with van der Waals surface area (Å²) < 4.78 is 29.2. The fourth-order valence-corrected chi connectivity index (χ4v) is 1.83.